The molecule has 4 aromatic carbocycles. The summed E-state index contributed by atoms with van der Waals surface area (Å²) in [6.07, 6.45) is 0. The second-order valence-electron chi connectivity index (χ2n) is 8.71. The van der Waals surface area contributed by atoms with Crippen molar-refractivity contribution in [3.8, 4) is 11.3 Å². The maximum Gasteiger partial charge on any atom is 0.317 e. The van der Waals surface area contributed by atoms with Gasteiger partial charge in [-0.15, -0.1) is 4.28 Å². The molecule has 1 heterocycles. The molecule has 0 aliphatic heterocycles. The van der Waals surface area contributed by atoms with Crippen molar-refractivity contribution in [3.63, 3.8) is 0 Å². The molecule has 5 aromatic rings. The van der Waals surface area contributed by atoms with Crippen molar-refractivity contribution in [2.24, 2.45) is 4.99 Å². The summed E-state index contributed by atoms with van der Waals surface area (Å²) in [4.78, 5) is 24.6. The summed E-state index contributed by atoms with van der Waals surface area (Å²) in [5.74, 6) is -0.288. The SMILES string of the molecule is Cc1ccc(S(=O)(=O)ONC(=Nc2nc(-c3ccccc3[N+](=O)[O-])c3cc(Cl)ccc3n2)Nc2ccccc2)cc1. The minimum Gasteiger partial charge on any atom is -0.324 e. The van der Waals surface area contributed by atoms with E-state index in [0.717, 1.165) is 5.56 Å². The highest BCUT2D eigenvalue weighted by Gasteiger charge is 2.21. The third-order valence-corrected chi connectivity index (χ3v) is 7.20. The second kappa shape index (κ2) is 11.7. The highest BCUT2D eigenvalue weighted by molar-refractivity contribution is 7.86. The average molecular weight is 589 g/mol. The van der Waals surface area contributed by atoms with Gasteiger partial charge in [-0.25, -0.2) is 15.4 Å². The molecule has 1 aromatic heterocycles. The number of para-hydroxylation sites is 2. The molecule has 0 saturated carbocycles. The van der Waals surface area contributed by atoms with Crippen molar-refractivity contribution in [1.82, 2.24) is 15.4 Å². The number of anilines is 1. The predicted molar refractivity (Wildman–Crippen MR) is 156 cm³/mol. The molecule has 0 aliphatic rings. The van der Waals surface area contributed by atoms with Crippen LogP contribution in [0.25, 0.3) is 22.2 Å². The number of fused-ring (bicyclic) bond motifs is 1. The normalized spacial score (nSPS) is 11.8. The second-order valence-corrected chi connectivity index (χ2v) is 10.7. The molecule has 0 amide bonds. The number of aliphatic imine (C=N–C) groups is 1. The van der Waals surface area contributed by atoms with E-state index in [1.807, 2.05) is 13.0 Å². The predicted octanol–water partition coefficient (Wildman–Crippen LogP) is 6.18. The highest BCUT2D eigenvalue weighted by Crippen LogP contribution is 2.35. The third-order valence-electron chi connectivity index (χ3n) is 5.81. The zero-order valence-corrected chi connectivity index (χ0v) is 22.9. The van der Waals surface area contributed by atoms with Gasteiger partial charge in [-0.2, -0.15) is 13.4 Å². The van der Waals surface area contributed by atoms with Crippen LogP contribution in [0.5, 0.6) is 0 Å². The summed E-state index contributed by atoms with van der Waals surface area (Å²) in [6.45, 7) is 1.83. The van der Waals surface area contributed by atoms with Gasteiger partial charge >= 0.3 is 10.1 Å². The van der Waals surface area contributed by atoms with E-state index in [9.17, 15) is 18.5 Å². The van der Waals surface area contributed by atoms with Crippen LogP contribution in [0.15, 0.2) is 107 Å². The Morgan fingerprint density at radius 1 is 0.951 bits per heavy atom. The van der Waals surface area contributed by atoms with E-state index in [0.29, 0.717) is 21.6 Å². The first kappa shape index (κ1) is 27.6. The largest absolute Gasteiger partial charge is 0.324 e. The fourth-order valence-corrected chi connectivity index (χ4v) is 4.79. The van der Waals surface area contributed by atoms with Crippen LogP contribution in [-0.4, -0.2) is 29.3 Å². The molecule has 11 nitrogen and oxygen atoms in total. The lowest BCUT2D eigenvalue weighted by molar-refractivity contribution is -0.384. The van der Waals surface area contributed by atoms with E-state index >= 15 is 0 Å². The Balaban J connectivity index is 1.60. The number of rotatable bonds is 7. The fraction of sp³-hybridized carbons (Fsp3) is 0.0357. The summed E-state index contributed by atoms with van der Waals surface area (Å²) in [6, 6.07) is 25.9. The number of nitrogens with one attached hydrogen (secondary N) is 2. The molecule has 0 saturated heterocycles. The van der Waals surface area contributed by atoms with Gasteiger partial charge in [0.2, 0.25) is 5.96 Å². The number of aryl methyl sites for hydroxylation is 1. The lowest BCUT2D eigenvalue weighted by atomic mass is 10.0. The zero-order chi connectivity index (χ0) is 29.0. The van der Waals surface area contributed by atoms with Crippen molar-refractivity contribution in [1.29, 1.82) is 0 Å². The van der Waals surface area contributed by atoms with Gasteiger partial charge in [0.05, 0.1) is 26.6 Å². The molecule has 2 N–H and O–H groups in total. The first-order valence-corrected chi connectivity index (χ1v) is 13.9. The van der Waals surface area contributed by atoms with Gasteiger partial charge in [0, 0.05) is 22.2 Å². The maximum absolute atomic E-state index is 12.8. The van der Waals surface area contributed by atoms with E-state index in [4.69, 9.17) is 15.9 Å². The van der Waals surface area contributed by atoms with Gasteiger partial charge in [0.25, 0.3) is 11.6 Å². The molecule has 0 atom stereocenters. The number of aromatic nitrogens is 2. The van der Waals surface area contributed by atoms with Crippen molar-refractivity contribution in [2.45, 2.75) is 11.8 Å². The smallest absolute Gasteiger partial charge is 0.317 e. The van der Waals surface area contributed by atoms with Gasteiger partial charge in [-0.1, -0.05) is 59.6 Å². The topological polar surface area (TPSA) is 149 Å². The lowest BCUT2D eigenvalue weighted by Crippen LogP contribution is -2.33. The Morgan fingerprint density at radius 3 is 2.39 bits per heavy atom. The van der Waals surface area contributed by atoms with E-state index in [-0.39, 0.29) is 33.7 Å². The molecular weight excluding hydrogens is 568 g/mol. The van der Waals surface area contributed by atoms with Crippen molar-refractivity contribution in [3.05, 3.63) is 118 Å². The van der Waals surface area contributed by atoms with Crippen molar-refractivity contribution in [2.75, 3.05) is 5.32 Å². The summed E-state index contributed by atoms with van der Waals surface area (Å²) in [7, 11) is -4.22. The molecule has 5 rings (SSSR count). The first-order chi connectivity index (χ1) is 19.7. The van der Waals surface area contributed by atoms with Gasteiger partial charge in [-0.05, 0) is 55.5 Å². The number of halogens is 1. The van der Waals surface area contributed by atoms with Crippen LogP contribution >= 0.6 is 11.6 Å². The summed E-state index contributed by atoms with van der Waals surface area (Å²) in [5.41, 5.74) is 4.48. The van der Waals surface area contributed by atoms with Crippen LogP contribution in [-0.2, 0) is 14.4 Å². The van der Waals surface area contributed by atoms with E-state index < -0.39 is 15.0 Å². The molecule has 41 heavy (non-hydrogen) atoms. The Labute approximate surface area is 239 Å². The van der Waals surface area contributed by atoms with Crippen LogP contribution in [0.1, 0.15) is 5.56 Å². The van der Waals surface area contributed by atoms with E-state index in [1.54, 1.807) is 72.8 Å². The van der Waals surface area contributed by atoms with Crippen LogP contribution in [0.3, 0.4) is 0 Å². The summed E-state index contributed by atoms with van der Waals surface area (Å²) < 4.78 is 30.7. The quantitative estimate of drug-likeness (QED) is 0.0983. The lowest BCUT2D eigenvalue weighted by Gasteiger charge is -2.13. The van der Waals surface area contributed by atoms with Gasteiger partial charge < -0.3 is 5.32 Å². The molecule has 0 radical (unpaired) electrons. The molecule has 0 fully saturated rings. The Bertz CT molecular complexity index is 1880. The number of nitro benzene ring substituents is 1. The van der Waals surface area contributed by atoms with E-state index in [1.165, 1.54) is 18.2 Å². The maximum atomic E-state index is 12.8. The van der Waals surface area contributed by atoms with E-state index in [2.05, 4.69) is 25.8 Å². The first-order valence-electron chi connectivity index (χ1n) is 12.1. The molecule has 206 valence electrons. The minimum atomic E-state index is -4.22. The van der Waals surface area contributed by atoms with Gasteiger partial charge in [0.15, 0.2) is 0 Å². The Hall–Kier alpha value is -4.91. The Morgan fingerprint density at radius 2 is 1.66 bits per heavy atom. The fourth-order valence-electron chi connectivity index (χ4n) is 3.86. The number of nitrogens with zero attached hydrogens (tertiary/aromatic N) is 4. The molecular formula is C28H21ClN6O5S. The highest BCUT2D eigenvalue weighted by atomic mass is 35.5. The van der Waals surface area contributed by atoms with Crippen LogP contribution in [0, 0.1) is 17.0 Å². The monoisotopic (exact) mass is 588 g/mol. The number of hydrogen-bond acceptors (Lipinski definition) is 8. The average Bonchev–Trinajstić information content (AvgIpc) is 2.96. The Kier molecular flexibility index (Phi) is 7.88. The van der Waals surface area contributed by atoms with Gasteiger partial charge in [-0.3, -0.25) is 10.1 Å². The molecule has 13 heteroatoms. The number of benzene rings is 4. The molecule has 0 spiro atoms. The number of hydrogen-bond donors (Lipinski definition) is 2. The number of guanidine groups is 1. The molecule has 0 bridgehead atoms. The molecule has 0 unspecified atom stereocenters. The molecule has 0 aliphatic carbocycles. The standard InChI is InChI=1S/C28H21ClN6O5S/c1-18-11-14-21(15-12-18)41(38,39)40-34-28(30-20-7-3-2-4-8-20)33-27-31-24-16-13-19(29)17-23(24)26(32-27)22-9-5-6-10-25(22)35(36)37/h2-17H,1H3,(H2,30,31,32,33,34). The summed E-state index contributed by atoms with van der Waals surface area (Å²) >= 11 is 6.23. The summed E-state index contributed by atoms with van der Waals surface area (Å²) in [5, 5.41) is 15.6. The number of hydroxylamine groups is 1. The third kappa shape index (κ3) is 6.47. The zero-order valence-electron chi connectivity index (χ0n) is 21.4. The van der Waals surface area contributed by atoms with Crippen LogP contribution in [0.4, 0.5) is 17.3 Å². The van der Waals surface area contributed by atoms with Crippen LogP contribution < -0.4 is 10.8 Å². The van der Waals surface area contributed by atoms with Crippen molar-refractivity contribution >= 4 is 55.9 Å². The van der Waals surface area contributed by atoms with Crippen molar-refractivity contribution < 1.29 is 17.6 Å². The van der Waals surface area contributed by atoms with Gasteiger partial charge in [0.1, 0.15) is 0 Å². The van der Waals surface area contributed by atoms with Crippen LogP contribution in [0.2, 0.25) is 5.02 Å². The minimum absolute atomic E-state index is 0.0628. The number of nitro groups is 1.